The van der Waals surface area contributed by atoms with Gasteiger partial charge in [-0.3, -0.25) is 4.90 Å². The Morgan fingerprint density at radius 3 is 2.77 bits per heavy atom. The Hall–Kier alpha value is -0.480. The second kappa shape index (κ2) is 3.72. The molecule has 0 N–H and O–H groups in total. The zero-order chi connectivity index (χ0) is 9.26. The Bertz CT molecular complexity index is 233. The molecule has 13 heavy (non-hydrogen) atoms. The molecule has 72 valence electrons. The SMILES string of the molecule is CC(C)C#CCN1CC2CCC1C2. The third-order valence-electron chi connectivity index (χ3n) is 3.20. The van der Waals surface area contributed by atoms with Crippen molar-refractivity contribution in [3.8, 4) is 11.8 Å². The van der Waals surface area contributed by atoms with E-state index in [1.54, 1.807) is 0 Å². The van der Waals surface area contributed by atoms with Crippen molar-refractivity contribution >= 4 is 0 Å². The second-order valence-corrected chi connectivity index (χ2v) is 4.74. The fourth-order valence-corrected chi connectivity index (χ4v) is 2.57. The third-order valence-corrected chi connectivity index (χ3v) is 3.20. The van der Waals surface area contributed by atoms with Gasteiger partial charge in [-0.15, -0.1) is 0 Å². The molecule has 1 heterocycles. The Balaban J connectivity index is 1.81. The fourth-order valence-electron chi connectivity index (χ4n) is 2.57. The van der Waals surface area contributed by atoms with Gasteiger partial charge < -0.3 is 0 Å². The zero-order valence-corrected chi connectivity index (χ0v) is 8.71. The molecule has 0 amide bonds. The number of likely N-dealkylation sites (tertiary alicyclic amines) is 1. The molecule has 2 bridgehead atoms. The van der Waals surface area contributed by atoms with Crippen molar-refractivity contribution in [2.75, 3.05) is 13.1 Å². The van der Waals surface area contributed by atoms with Crippen LogP contribution in [0.2, 0.25) is 0 Å². The number of hydrogen-bond acceptors (Lipinski definition) is 1. The summed E-state index contributed by atoms with van der Waals surface area (Å²) in [6.07, 6.45) is 4.34. The highest BCUT2D eigenvalue weighted by molar-refractivity contribution is 5.06. The molecule has 2 atom stereocenters. The highest BCUT2D eigenvalue weighted by Crippen LogP contribution is 2.36. The molecule has 0 radical (unpaired) electrons. The lowest BCUT2D eigenvalue weighted by atomic mass is 10.1. The zero-order valence-electron chi connectivity index (χ0n) is 8.71. The highest BCUT2D eigenvalue weighted by Gasteiger charge is 2.36. The molecule has 1 saturated carbocycles. The van der Waals surface area contributed by atoms with Crippen LogP contribution in [0, 0.1) is 23.7 Å². The molecule has 1 aliphatic heterocycles. The van der Waals surface area contributed by atoms with E-state index in [4.69, 9.17) is 0 Å². The summed E-state index contributed by atoms with van der Waals surface area (Å²) in [6, 6.07) is 0.881. The third kappa shape index (κ3) is 2.06. The predicted octanol–water partition coefficient (Wildman–Crippen LogP) is 2.13. The van der Waals surface area contributed by atoms with E-state index in [1.807, 2.05) is 0 Å². The summed E-state index contributed by atoms with van der Waals surface area (Å²) < 4.78 is 0. The van der Waals surface area contributed by atoms with E-state index in [1.165, 1.54) is 25.8 Å². The van der Waals surface area contributed by atoms with Crippen LogP contribution >= 0.6 is 0 Å². The van der Waals surface area contributed by atoms with Crippen LogP contribution < -0.4 is 0 Å². The first kappa shape index (κ1) is 9.09. The summed E-state index contributed by atoms with van der Waals surface area (Å²) >= 11 is 0. The average molecular weight is 177 g/mol. The molecular weight excluding hydrogens is 158 g/mol. The molecule has 2 rings (SSSR count). The molecule has 0 spiro atoms. The van der Waals surface area contributed by atoms with E-state index in [-0.39, 0.29) is 0 Å². The van der Waals surface area contributed by atoms with Crippen molar-refractivity contribution in [3.63, 3.8) is 0 Å². The summed E-state index contributed by atoms with van der Waals surface area (Å²) in [5, 5.41) is 0. The van der Waals surface area contributed by atoms with E-state index >= 15 is 0 Å². The number of piperidine rings is 1. The largest absolute Gasteiger partial charge is 0.289 e. The van der Waals surface area contributed by atoms with Crippen molar-refractivity contribution < 1.29 is 0 Å². The Morgan fingerprint density at radius 1 is 1.38 bits per heavy atom. The van der Waals surface area contributed by atoms with Crippen LogP contribution in [-0.2, 0) is 0 Å². The summed E-state index contributed by atoms with van der Waals surface area (Å²) in [4.78, 5) is 2.57. The van der Waals surface area contributed by atoms with Crippen LogP contribution in [0.3, 0.4) is 0 Å². The van der Waals surface area contributed by atoms with E-state index in [9.17, 15) is 0 Å². The van der Waals surface area contributed by atoms with Crippen LogP contribution in [0.15, 0.2) is 0 Å². The van der Waals surface area contributed by atoms with Gasteiger partial charge in [0.15, 0.2) is 0 Å². The van der Waals surface area contributed by atoms with E-state index in [2.05, 4.69) is 30.6 Å². The minimum absolute atomic E-state index is 0.528. The summed E-state index contributed by atoms with van der Waals surface area (Å²) in [7, 11) is 0. The lowest BCUT2D eigenvalue weighted by Gasteiger charge is -2.24. The first-order valence-corrected chi connectivity index (χ1v) is 5.48. The number of fused-ring (bicyclic) bond motifs is 2. The quantitative estimate of drug-likeness (QED) is 0.555. The summed E-state index contributed by atoms with van der Waals surface area (Å²) in [6.45, 7) is 6.64. The molecule has 1 aliphatic carbocycles. The van der Waals surface area contributed by atoms with Crippen molar-refractivity contribution in [1.82, 2.24) is 4.90 Å². The van der Waals surface area contributed by atoms with Crippen molar-refractivity contribution in [2.45, 2.75) is 39.2 Å². The van der Waals surface area contributed by atoms with Crippen molar-refractivity contribution in [3.05, 3.63) is 0 Å². The molecule has 0 aromatic carbocycles. The van der Waals surface area contributed by atoms with E-state index in [0.29, 0.717) is 5.92 Å². The van der Waals surface area contributed by atoms with Gasteiger partial charge in [-0.05, 0) is 25.2 Å². The number of hydrogen-bond donors (Lipinski definition) is 0. The lowest BCUT2D eigenvalue weighted by Crippen LogP contribution is -2.32. The van der Waals surface area contributed by atoms with Gasteiger partial charge in [0.1, 0.15) is 0 Å². The van der Waals surface area contributed by atoms with Crippen LogP contribution in [-0.4, -0.2) is 24.0 Å². The average Bonchev–Trinajstić information content (AvgIpc) is 2.64. The maximum atomic E-state index is 3.29. The number of rotatable bonds is 1. The minimum atomic E-state index is 0.528. The monoisotopic (exact) mass is 177 g/mol. The second-order valence-electron chi connectivity index (χ2n) is 4.74. The standard InChI is InChI=1S/C12H19N/c1-10(2)4-3-7-13-9-11-5-6-12(13)8-11/h10-12H,5-9H2,1-2H3. The van der Waals surface area contributed by atoms with Crippen LogP contribution in [0.25, 0.3) is 0 Å². The first-order valence-electron chi connectivity index (χ1n) is 5.48. The topological polar surface area (TPSA) is 3.24 Å². The fraction of sp³-hybridized carbons (Fsp3) is 0.833. The maximum absolute atomic E-state index is 3.29. The summed E-state index contributed by atoms with van der Waals surface area (Å²) in [5.74, 6) is 8.06. The maximum Gasteiger partial charge on any atom is 0.0604 e. The summed E-state index contributed by atoms with van der Waals surface area (Å²) in [5.41, 5.74) is 0. The lowest BCUT2D eigenvalue weighted by molar-refractivity contribution is 0.239. The van der Waals surface area contributed by atoms with Gasteiger partial charge in [-0.25, -0.2) is 0 Å². The number of nitrogens with zero attached hydrogens (tertiary/aromatic N) is 1. The molecule has 1 heteroatoms. The molecule has 1 nitrogen and oxygen atoms in total. The molecular formula is C12H19N. The first-order chi connectivity index (χ1) is 6.25. The molecule has 1 saturated heterocycles. The van der Waals surface area contributed by atoms with Gasteiger partial charge in [0.2, 0.25) is 0 Å². The Labute approximate surface area is 81.5 Å². The van der Waals surface area contributed by atoms with E-state index < -0.39 is 0 Å². The molecule has 2 unspecified atom stereocenters. The highest BCUT2D eigenvalue weighted by atomic mass is 15.2. The van der Waals surface area contributed by atoms with Crippen LogP contribution in [0.5, 0.6) is 0 Å². The van der Waals surface area contributed by atoms with Gasteiger partial charge >= 0.3 is 0 Å². The van der Waals surface area contributed by atoms with Gasteiger partial charge in [0.05, 0.1) is 6.54 Å². The van der Waals surface area contributed by atoms with Gasteiger partial charge in [-0.2, -0.15) is 0 Å². The smallest absolute Gasteiger partial charge is 0.0604 e. The van der Waals surface area contributed by atoms with Gasteiger partial charge in [0.25, 0.3) is 0 Å². The van der Waals surface area contributed by atoms with Crippen LogP contribution in [0.4, 0.5) is 0 Å². The molecule has 0 aromatic heterocycles. The molecule has 2 fully saturated rings. The normalized spacial score (nSPS) is 32.2. The van der Waals surface area contributed by atoms with Crippen molar-refractivity contribution in [2.24, 2.45) is 11.8 Å². The van der Waals surface area contributed by atoms with Crippen molar-refractivity contribution in [1.29, 1.82) is 0 Å². The minimum Gasteiger partial charge on any atom is -0.289 e. The molecule has 2 aliphatic rings. The predicted molar refractivity (Wildman–Crippen MR) is 55.3 cm³/mol. The van der Waals surface area contributed by atoms with E-state index in [0.717, 1.165) is 18.5 Å². The van der Waals surface area contributed by atoms with Gasteiger partial charge in [-0.1, -0.05) is 25.7 Å². The Kier molecular flexibility index (Phi) is 2.60. The van der Waals surface area contributed by atoms with Gasteiger partial charge in [0, 0.05) is 18.5 Å². The van der Waals surface area contributed by atoms with Crippen LogP contribution in [0.1, 0.15) is 33.1 Å². The Morgan fingerprint density at radius 2 is 2.23 bits per heavy atom. The molecule has 0 aromatic rings.